The number of nitrogens with one attached hydrogen (secondary N) is 1. The maximum absolute atomic E-state index is 12.2. The first kappa shape index (κ1) is 22.2. The molecule has 1 fully saturated rings. The monoisotopic (exact) mass is 518 g/mol. The minimum Gasteiger partial charge on any atom is -0.480 e. The van der Waals surface area contributed by atoms with Crippen LogP contribution < -0.4 is 5.32 Å². The molecular formula is C21H12Cl2N4O6S. The molecule has 0 spiro atoms. The van der Waals surface area contributed by atoms with E-state index in [0.717, 1.165) is 11.5 Å². The lowest BCUT2D eigenvalue weighted by Crippen LogP contribution is -2.19. The number of carboxylic acid groups (broad SMARTS) is 1. The maximum atomic E-state index is 12.2. The highest BCUT2D eigenvalue weighted by Gasteiger charge is 2.56. The lowest BCUT2D eigenvalue weighted by Gasteiger charge is -2.07. The normalized spacial score (nSPS) is 13.8. The van der Waals surface area contributed by atoms with Gasteiger partial charge in [0.15, 0.2) is 5.15 Å². The third kappa shape index (κ3) is 4.19. The Kier molecular flexibility index (Phi) is 5.65. The number of benzene rings is 1. The summed E-state index contributed by atoms with van der Waals surface area (Å²) < 4.78 is 20.1. The van der Waals surface area contributed by atoms with Gasteiger partial charge in [-0.25, -0.2) is 4.79 Å². The lowest BCUT2D eigenvalue weighted by atomic mass is 10.1. The van der Waals surface area contributed by atoms with E-state index in [4.69, 9.17) is 36.8 Å². The minimum atomic E-state index is -1.10. The van der Waals surface area contributed by atoms with E-state index in [-0.39, 0.29) is 40.7 Å². The van der Waals surface area contributed by atoms with E-state index in [1.807, 2.05) is 0 Å². The predicted molar refractivity (Wildman–Crippen MR) is 121 cm³/mol. The van der Waals surface area contributed by atoms with Crippen molar-refractivity contribution in [2.75, 3.05) is 5.32 Å². The topological polar surface area (TPSA) is 141 Å². The molecule has 34 heavy (non-hydrogen) atoms. The molecule has 4 aromatic rings. The second kappa shape index (κ2) is 8.64. The van der Waals surface area contributed by atoms with Gasteiger partial charge in [-0.3, -0.25) is 10.1 Å². The van der Waals surface area contributed by atoms with Gasteiger partial charge in [0.2, 0.25) is 5.89 Å². The number of aliphatic carboxylic acids is 1. The fourth-order valence-electron chi connectivity index (χ4n) is 3.02. The van der Waals surface area contributed by atoms with Gasteiger partial charge in [-0.1, -0.05) is 41.4 Å². The Morgan fingerprint density at radius 3 is 2.65 bits per heavy atom. The molecule has 3 aromatic heterocycles. The number of oxazole rings is 2. The Bertz CT molecular complexity index is 1460. The predicted octanol–water partition coefficient (Wildman–Crippen LogP) is 4.84. The number of nitrogens with zero attached hydrogens (tertiary/aromatic N) is 3. The van der Waals surface area contributed by atoms with Gasteiger partial charge >= 0.3 is 12.1 Å². The molecule has 0 saturated heterocycles. The van der Waals surface area contributed by atoms with E-state index < -0.39 is 17.5 Å². The summed E-state index contributed by atoms with van der Waals surface area (Å²) in [5.41, 5.74) is -0.174. The van der Waals surface area contributed by atoms with Crippen molar-refractivity contribution in [2.24, 2.45) is 0 Å². The van der Waals surface area contributed by atoms with E-state index in [2.05, 4.69) is 31.5 Å². The summed E-state index contributed by atoms with van der Waals surface area (Å²) >= 11 is 13.1. The third-order valence-electron chi connectivity index (χ3n) is 5.02. The number of halogens is 2. The van der Waals surface area contributed by atoms with Gasteiger partial charge in [-0.15, -0.1) is 0 Å². The number of hydrogen-bond acceptors (Lipinski definition) is 9. The van der Waals surface area contributed by atoms with Crippen LogP contribution in [0.15, 0.2) is 33.1 Å². The molecule has 1 aromatic carbocycles. The molecule has 0 bridgehead atoms. The summed E-state index contributed by atoms with van der Waals surface area (Å²) in [5, 5.41) is 12.4. The number of ether oxygens (including phenoxy) is 1. The largest absolute Gasteiger partial charge is 0.480 e. The lowest BCUT2D eigenvalue weighted by molar-refractivity contribution is -0.140. The molecule has 1 aliphatic rings. The summed E-state index contributed by atoms with van der Waals surface area (Å²) in [5.74, 6) is 4.52. The van der Waals surface area contributed by atoms with Crippen LogP contribution in [0, 0.1) is 11.8 Å². The first-order chi connectivity index (χ1) is 16.4. The van der Waals surface area contributed by atoms with Crippen molar-refractivity contribution in [3.8, 4) is 11.8 Å². The smallest absolute Gasteiger partial charge is 0.412 e. The number of fused-ring (bicyclic) bond motifs is 1. The Hall–Kier alpha value is -3.59. The number of anilines is 1. The van der Waals surface area contributed by atoms with Crippen molar-refractivity contribution in [2.45, 2.75) is 24.9 Å². The summed E-state index contributed by atoms with van der Waals surface area (Å²) in [7, 11) is 0. The molecule has 2 N–H and O–H groups in total. The van der Waals surface area contributed by atoms with Crippen LogP contribution in [0.2, 0.25) is 10.2 Å². The molecule has 172 valence electrons. The fourth-order valence-corrected chi connectivity index (χ4v) is 4.11. The van der Waals surface area contributed by atoms with Gasteiger partial charge in [0.05, 0.1) is 0 Å². The van der Waals surface area contributed by atoms with E-state index >= 15 is 0 Å². The van der Waals surface area contributed by atoms with Crippen LogP contribution >= 0.6 is 34.7 Å². The highest BCUT2D eigenvalue weighted by Crippen LogP contribution is 2.48. The zero-order valence-corrected chi connectivity index (χ0v) is 19.3. The van der Waals surface area contributed by atoms with Crippen molar-refractivity contribution < 1.29 is 28.3 Å². The first-order valence-corrected chi connectivity index (χ1v) is 11.2. The summed E-state index contributed by atoms with van der Waals surface area (Å²) in [6, 6.07) is 6.98. The number of carbonyl (C=O) groups is 2. The zero-order valence-electron chi connectivity index (χ0n) is 16.9. The highest BCUT2D eigenvalue weighted by molar-refractivity contribution is 7.07. The Balaban J connectivity index is 1.29. The van der Waals surface area contributed by atoms with Crippen molar-refractivity contribution in [1.29, 1.82) is 0 Å². The van der Waals surface area contributed by atoms with E-state index in [1.54, 1.807) is 24.3 Å². The fraction of sp³-hybridized carbons (Fsp3) is 0.190. The molecule has 5 rings (SSSR count). The Morgan fingerprint density at radius 2 is 1.94 bits per heavy atom. The van der Waals surface area contributed by atoms with Gasteiger partial charge in [-0.05, 0) is 42.3 Å². The molecule has 1 aliphatic carbocycles. The molecule has 1 amide bonds. The van der Waals surface area contributed by atoms with Gasteiger partial charge in [0, 0.05) is 10.6 Å². The molecule has 13 heteroatoms. The third-order valence-corrected chi connectivity index (χ3v) is 6.53. The van der Waals surface area contributed by atoms with Crippen LogP contribution in [0.3, 0.4) is 0 Å². The van der Waals surface area contributed by atoms with E-state index in [1.165, 1.54) is 0 Å². The van der Waals surface area contributed by atoms with Gasteiger partial charge in [0.25, 0.3) is 17.3 Å². The van der Waals surface area contributed by atoms with Crippen molar-refractivity contribution in [1.82, 2.24) is 14.3 Å². The number of aromatic nitrogens is 3. The molecule has 0 aliphatic heterocycles. The van der Waals surface area contributed by atoms with Gasteiger partial charge in [0.1, 0.15) is 22.6 Å². The van der Waals surface area contributed by atoms with Crippen molar-refractivity contribution >= 4 is 63.9 Å². The quantitative estimate of drug-likeness (QED) is 0.354. The molecule has 1 saturated carbocycles. The van der Waals surface area contributed by atoms with Crippen LogP contribution in [0.5, 0.6) is 0 Å². The Morgan fingerprint density at radius 1 is 1.18 bits per heavy atom. The SMILES string of the molecule is O=C(Nc1c(Cl)nsc1C#Cc1nc2oc(C3(C(=O)O)CC3)nc2o1)OCc1ccccc1Cl. The maximum Gasteiger partial charge on any atom is 0.412 e. The van der Waals surface area contributed by atoms with Gasteiger partial charge < -0.3 is 18.7 Å². The van der Waals surface area contributed by atoms with Crippen LogP contribution in [0.4, 0.5) is 10.5 Å². The van der Waals surface area contributed by atoms with Crippen molar-refractivity contribution in [3.05, 3.63) is 56.7 Å². The second-order valence-corrected chi connectivity index (χ2v) is 8.79. The molecule has 0 atom stereocenters. The van der Waals surface area contributed by atoms with E-state index in [9.17, 15) is 14.7 Å². The summed E-state index contributed by atoms with van der Waals surface area (Å²) in [6.07, 6.45) is 0.129. The van der Waals surface area contributed by atoms with Crippen LogP contribution in [0.25, 0.3) is 11.4 Å². The second-order valence-electron chi connectivity index (χ2n) is 7.26. The number of rotatable bonds is 5. The van der Waals surface area contributed by atoms with Crippen LogP contribution in [-0.2, 0) is 21.6 Å². The number of carbonyl (C=O) groups excluding carboxylic acids is 1. The standard InChI is InChI=1S/C21H12Cl2N4O6S/c22-11-4-2-1-3-10(11)9-31-20(30)25-14-12(34-27-15(14)23)5-6-13-24-16-17(32-13)26-18(33-16)21(7-8-21)19(28)29/h1-4H,7-9H2,(H,25,30)(H,28,29). The summed E-state index contributed by atoms with van der Waals surface area (Å²) in [6.45, 7) is -0.0325. The van der Waals surface area contributed by atoms with Gasteiger partial charge in [-0.2, -0.15) is 14.3 Å². The van der Waals surface area contributed by atoms with Crippen molar-refractivity contribution in [3.63, 3.8) is 0 Å². The molecule has 0 radical (unpaired) electrons. The average molecular weight is 519 g/mol. The zero-order chi connectivity index (χ0) is 23.9. The minimum absolute atomic E-state index is 0.00950. The number of amides is 1. The summed E-state index contributed by atoms with van der Waals surface area (Å²) in [4.78, 5) is 32.2. The molecule has 0 unspecified atom stereocenters. The number of carboxylic acids is 1. The van der Waals surface area contributed by atoms with Crippen LogP contribution in [-0.4, -0.2) is 31.5 Å². The molecular weight excluding hydrogens is 507 g/mol. The Labute approximate surface area is 205 Å². The average Bonchev–Trinajstić information content (AvgIpc) is 3.25. The molecule has 10 nitrogen and oxygen atoms in total. The molecule has 3 heterocycles. The highest BCUT2D eigenvalue weighted by atomic mass is 35.5. The van der Waals surface area contributed by atoms with Crippen LogP contribution in [0.1, 0.15) is 35.1 Å². The first-order valence-electron chi connectivity index (χ1n) is 9.71. The van der Waals surface area contributed by atoms with E-state index in [0.29, 0.717) is 28.3 Å². The number of hydrogen-bond donors (Lipinski definition) is 2.